The fourth-order valence-electron chi connectivity index (χ4n) is 2.01. The van der Waals surface area contributed by atoms with Crippen molar-refractivity contribution < 1.29 is 4.79 Å². The highest BCUT2D eigenvalue weighted by atomic mass is 35.5. The van der Waals surface area contributed by atoms with E-state index in [0.717, 1.165) is 24.1 Å². The molecule has 1 N–H and O–H groups in total. The number of hydrogen-bond donors (Lipinski definition) is 1. The molecule has 1 saturated carbocycles. The molecule has 2 nitrogen and oxygen atoms in total. The van der Waals surface area contributed by atoms with Crippen LogP contribution < -0.4 is 5.32 Å². The summed E-state index contributed by atoms with van der Waals surface area (Å²) in [6, 6.07) is 5.59. The zero-order chi connectivity index (χ0) is 9.05. The van der Waals surface area contributed by atoms with Crippen molar-refractivity contribution in [1.82, 2.24) is 0 Å². The predicted molar refractivity (Wildman–Crippen MR) is 51.0 cm³/mol. The Bertz CT molecular complexity index is 409. The summed E-state index contributed by atoms with van der Waals surface area (Å²) in [6.45, 7) is 0. The molecule has 0 aromatic heterocycles. The van der Waals surface area contributed by atoms with Crippen molar-refractivity contribution in [3.8, 4) is 0 Å². The molecule has 0 unspecified atom stereocenters. The smallest absolute Gasteiger partial charge is 0.235 e. The van der Waals surface area contributed by atoms with E-state index in [-0.39, 0.29) is 11.3 Å². The molecule has 1 heterocycles. The van der Waals surface area contributed by atoms with E-state index in [2.05, 4.69) is 5.32 Å². The average Bonchev–Trinajstić information content (AvgIpc) is 2.83. The molecule has 0 saturated heterocycles. The minimum atomic E-state index is -0.208. The summed E-state index contributed by atoms with van der Waals surface area (Å²) in [6.07, 6.45) is 1.93. The average molecular weight is 194 g/mol. The molecule has 13 heavy (non-hydrogen) atoms. The van der Waals surface area contributed by atoms with E-state index in [1.807, 2.05) is 18.2 Å². The van der Waals surface area contributed by atoms with Gasteiger partial charge >= 0.3 is 0 Å². The van der Waals surface area contributed by atoms with Gasteiger partial charge in [0, 0.05) is 10.7 Å². The summed E-state index contributed by atoms with van der Waals surface area (Å²) >= 11 is 5.89. The SMILES string of the molecule is O=C1Nc2ccc(Cl)cc2C12CC2. The maximum absolute atomic E-state index is 11.6. The third-order valence-electron chi connectivity index (χ3n) is 2.93. The molecule has 3 rings (SSSR count). The highest BCUT2D eigenvalue weighted by Crippen LogP contribution is 2.55. The topological polar surface area (TPSA) is 29.1 Å². The molecule has 0 radical (unpaired) electrons. The summed E-state index contributed by atoms with van der Waals surface area (Å²) < 4.78 is 0. The van der Waals surface area contributed by atoms with E-state index >= 15 is 0 Å². The minimum Gasteiger partial charge on any atom is -0.325 e. The van der Waals surface area contributed by atoms with E-state index in [1.54, 1.807) is 0 Å². The van der Waals surface area contributed by atoms with Crippen molar-refractivity contribution in [1.29, 1.82) is 0 Å². The first kappa shape index (κ1) is 7.39. The lowest BCUT2D eigenvalue weighted by molar-refractivity contribution is -0.117. The van der Waals surface area contributed by atoms with Crippen molar-refractivity contribution in [2.75, 3.05) is 5.32 Å². The molecule has 1 aliphatic carbocycles. The van der Waals surface area contributed by atoms with Crippen LogP contribution in [0, 0.1) is 0 Å². The van der Waals surface area contributed by atoms with Gasteiger partial charge in [0.15, 0.2) is 0 Å². The lowest BCUT2D eigenvalue weighted by Gasteiger charge is -2.03. The lowest BCUT2D eigenvalue weighted by Crippen LogP contribution is -2.18. The quantitative estimate of drug-likeness (QED) is 0.673. The van der Waals surface area contributed by atoms with Gasteiger partial charge in [0.25, 0.3) is 0 Å². The van der Waals surface area contributed by atoms with Crippen LogP contribution >= 0.6 is 11.6 Å². The Morgan fingerprint density at radius 3 is 2.85 bits per heavy atom. The van der Waals surface area contributed by atoms with Crippen LogP contribution in [0.4, 0.5) is 5.69 Å². The fourth-order valence-corrected chi connectivity index (χ4v) is 2.18. The van der Waals surface area contributed by atoms with Crippen molar-refractivity contribution in [3.63, 3.8) is 0 Å². The Balaban J connectivity index is 2.24. The molecule has 1 fully saturated rings. The first-order chi connectivity index (χ1) is 6.22. The van der Waals surface area contributed by atoms with Gasteiger partial charge in [-0.3, -0.25) is 4.79 Å². The van der Waals surface area contributed by atoms with Crippen molar-refractivity contribution in [2.24, 2.45) is 0 Å². The van der Waals surface area contributed by atoms with Gasteiger partial charge in [-0.25, -0.2) is 0 Å². The number of anilines is 1. The van der Waals surface area contributed by atoms with Crippen LogP contribution in [0.5, 0.6) is 0 Å². The number of carbonyl (C=O) groups excluding carboxylic acids is 1. The van der Waals surface area contributed by atoms with Crippen molar-refractivity contribution >= 4 is 23.2 Å². The maximum Gasteiger partial charge on any atom is 0.235 e. The summed E-state index contributed by atoms with van der Waals surface area (Å²) in [5.41, 5.74) is 1.82. The third kappa shape index (κ3) is 0.814. The minimum absolute atomic E-state index is 0.143. The molecule has 1 spiro atoms. The molecule has 3 heteroatoms. The molecular formula is C10H8ClNO. The number of hydrogen-bond acceptors (Lipinski definition) is 1. The molecular weight excluding hydrogens is 186 g/mol. The van der Waals surface area contributed by atoms with E-state index in [4.69, 9.17) is 11.6 Å². The second-order valence-electron chi connectivity index (χ2n) is 3.73. The summed E-state index contributed by atoms with van der Waals surface area (Å²) in [5, 5.41) is 3.59. The standard InChI is InChI=1S/C10H8ClNO/c11-6-1-2-8-7(5-6)10(3-4-10)9(13)12-8/h1-2,5H,3-4H2,(H,12,13). The van der Waals surface area contributed by atoms with Crippen LogP contribution in [-0.2, 0) is 10.2 Å². The maximum atomic E-state index is 11.6. The van der Waals surface area contributed by atoms with Crippen molar-refractivity contribution in [3.05, 3.63) is 28.8 Å². The Morgan fingerprint density at radius 2 is 2.15 bits per heavy atom. The van der Waals surface area contributed by atoms with Crippen LogP contribution in [0.3, 0.4) is 0 Å². The number of carbonyl (C=O) groups is 1. The van der Waals surface area contributed by atoms with Crippen LogP contribution in [0.2, 0.25) is 5.02 Å². The number of halogens is 1. The van der Waals surface area contributed by atoms with Gasteiger partial charge in [0.05, 0.1) is 5.41 Å². The first-order valence-corrected chi connectivity index (χ1v) is 4.72. The van der Waals surface area contributed by atoms with Gasteiger partial charge in [-0.15, -0.1) is 0 Å². The van der Waals surface area contributed by atoms with Gasteiger partial charge < -0.3 is 5.32 Å². The van der Waals surface area contributed by atoms with Crippen LogP contribution in [0.1, 0.15) is 18.4 Å². The predicted octanol–water partition coefficient (Wildman–Crippen LogP) is 2.32. The van der Waals surface area contributed by atoms with E-state index in [9.17, 15) is 4.79 Å². The second-order valence-corrected chi connectivity index (χ2v) is 4.16. The van der Waals surface area contributed by atoms with Gasteiger partial charge in [-0.05, 0) is 36.6 Å². The summed E-state index contributed by atoms with van der Waals surface area (Å²) in [7, 11) is 0. The van der Waals surface area contributed by atoms with Crippen LogP contribution in [0.15, 0.2) is 18.2 Å². The molecule has 0 bridgehead atoms. The third-order valence-corrected chi connectivity index (χ3v) is 3.17. The molecule has 1 aromatic carbocycles. The summed E-state index contributed by atoms with van der Waals surface area (Å²) in [4.78, 5) is 11.6. The Labute approximate surface area is 80.9 Å². The number of benzene rings is 1. The fraction of sp³-hybridized carbons (Fsp3) is 0.300. The Kier molecular flexibility index (Phi) is 1.18. The molecule has 2 aliphatic rings. The van der Waals surface area contributed by atoms with Gasteiger partial charge in [0.2, 0.25) is 5.91 Å². The van der Waals surface area contributed by atoms with Gasteiger partial charge in [0.1, 0.15) is 0 Å². The zero-order valence-electron chi connectivity index (χ0n) is 6.93. The second kappa shape index (κ2) is 2.07. The first-order valence-electron chi connectivity index (χ1n) is 4.34. The molecule has 1 amide bonds. The van der Waals surface area contributed by atoms with Gasteiger partial charge in [-0.2, -0.15) is 0 Å². The zero-order valence-corrected chi connectivity index (χ0v) is 7.69. The number of nitrogens with one attached hydrogen (secondary N) is 1. The number of amides is 1. The van der Waals surface area contributed by atoms with E-state index in [1.165, 1.54) is 0 Å². The number of rotatable bonds is 0. The normalized spacial score (nSPS) is 21.5. The Hall–Kier alpha value is -1.02. The van der Waals surface area contributed by atoms with Crippen molar-refractivity contribution in [2.45, 2.75) is 18.3 Å². The molecule has 0 atom stereocenters. The highest BCUT2D eigenvalue weighted by molar-refractivity contribution is 6.31. The van der Waals surface area contributed by atoms with E-state index < -0.39 is 0 Å². The van der Waals surface area contributed by atoms with Crippen LogP contribution in [-0.4, -0.2) is 5.91 Å². The summed E-state index contributed by atoms with van der Waals surface area (Å²) in [5.74, 6) is 0.143. The molecule has 1 aromatic rings. The number of fused-ring (bicyclic) bond motifs is 2. The molecule has 1 aliphatic heterocycles. The van der Waals surface area contributed by atoms with Gasteiger partial charge in [-0.1, -0.05) is 11.6 Å². The highest BCUT2D eigenvalue weighted by Gasteiger charge is 2.56. The van der Waals surface area contributed by atoms with E-state index in [0.29, 0.717) is 5.02 Å². The monoisotopic (exact) mass is 193 g/mol. The Morgan fingerprint density at radius 1 is 1.38 bits per heavy atom. The molecule has 66 valence electrons. The van der Waals surface area contributed by atoms with Crippen LogP contribution in [0.25, 0.3) is 0 Å². The lowest BCUT2D eigenvalue weighted by atomic mass is 9.98. The largest absolute Gasteiger partial charge is 0.325 e.